The molecular formula is C11H12BrNO4. The molecule has 1 amide bonds. The van der Waals surface area contributed by atoms with E-state index >= 15 is 0 Å². The van der Waals surface area contributed by atoms with Crippen molar-refractivity contribution < 1.29 is 19.4 Å². The highest BCUT2D eigenvalue weighted by Crippen LogP contribution is 2.18. The minimum absolute atomic E-state index is 0.412. The number of rotatable bonds is 5. The zero-order valence-electron chi connectivity index (χ0n) is 9.14. The van der Waals surface area contributed by atoms with Crippen LogP contribution in [0.3, 0.4) is 0 Å². The van der Waals surface area contributed by atoms with Crippen LogP contribution in [0.2, 0.25) is 0 Å². The normalized spacial score (nSPS) is 11.6. The Morgan fingerprint density at radius 1 is 1.53 bits per heavy atom. The van der Waals surface area contributed by atoms with Crippen molar-refractivity contribution in [2.24, 2.45) is 0 Å². The number of carboxylic acids is 1. The summed E-state index contributed by atoms with van der Waals surface area (Å²) in [6, 6.07) is 7.05. The first-order valence-corrected chi connectivity index (χ1v) is 5.70. The van der Waals surface area contributed by atoms with Gasteiger partial charge in [-0.3, -0.25) is 9.59 Å². The lowest BCUT2D eigenvalue weighted by molar-refractivity contribution is -0.139. The van der Waals surface area contributed by atoms with Gasteiger partial charge in [0, 0.05) is 4.47 Å². The summed E-state index contributed by atoms with van der Waals surface area (Å²) in [6.07, 6.45) is -0.747. The molecule has 1 atom stereocenters. The van der Waals surface area contributed by atoms with E-state index in [-0.39, 0.29) is 0 Å². The molecule has 1 unspecified atom stereocenters. The molecule has 0 aliphatic rings. The number of benzene rings is 1. The Labute approximate surface area is 107 Å². The lowest BCUT2D eigenvalue weighted by atomic mass is 10.3. The molecule has 0 heterocycles. The van der Waals surface area contributed by atoms with Gasteiger partial charge >= 0.3 is 5.97 Å². The Morgan fingerprint density at radius 2 is 2.24 bits per heavy atom. The van der Waals surface area contributed by atoms with Crippen molar-refractivity contribution in [2.75, 3.05) is 6.54 Å². The summed E-state index contributed by atoms with van der Waals surface area (Å²) >= 11 is 3.28. The van der Waals surface area contributed by atoms with Crippen LogP contribution >= 0.6 is 15.9 Å². The fourth-order valence-electron chi connectivity index (χ4n) is 1.10. The number of aliphatic carboxylic acids is 1. The monoisotopic (exact) mass is 301 g/mol. The van der Waals surface area contributed by atoms with Gasteiger partial charge in [0.05, 0.1) is 0 Å². The van der Waals surface area contributed by atoms with E-state index in [4.69, 9.17) is 9.84 Å². The molecule has 0 saturated carbocycles. The lowest BCUT2D eigenvalue weighted by Crippen LogP contribution is -2.39. The van der Waals surface area contributed by atoms with Gasteiger partial charge in [0.1, 0.15) is 12.3 Å². The Hall–Kier alpha value is -1.56. The molecule has 2 N–H and O–H groups in total. The molecule has 0 aliphatic heterocycles. The zero-order valence-corrected chi connectivity index (χ0v) is 10.7. The first-order valence-electron chi connectivity index (χ1n) is 4.91. The molecule has 92 valence electrons. The van der Waals surface area contributed by atoms with Gasteiger partial charge in [-0.2, -0.15) is 0 Å². The van der Waals surface area contributed by atoms with Gasteiger partial charge < -0.3 is 15.2 Å². The average molecular weight is 302 g/mol. The fourth-order valence-corrected chi connectivity index (χ4v) is 1.48. The maximum atomic E-state index is 11.4. The molecule has 1 aromatic carbocycles. The predicted molar refractivity (Wildman–Crippen MR) is 64.9 cm³/mol. The van der Waals surface area contributed by atoms with E-state index in [1.54, 1.807) is 25.1 Å². The molecule has 1 aromatic rings. The summed E-state index contributed by atoms with van der Waals surface area (Å²) < 4.78 is 6.20. The summed E-state index contributed by atoms with van der Waals surface area (Å²) in [5, 5.41) is 10.7. The van der Waals surface area contributed by atoms with E-state index < -0.39 is 24.5 Å². The predicted octanol–water partition coefficient (Wildman–Crippen LogP) is 1.42. The minimum atomic E-state index is -1.09. The van der Waals surface area contributed by atoms with Crippen molar-refractivity contribution in [3.8, 4) is 5.75 Å². The third-order valence-corrected chi connectivity index (χ3v) is 2.39. The molecule has 17 heavy (non-hydrogen) atoms. The Morgan fingerprint density at radius 3 is 2.82 bits per heavy atom. The van der Waals surface area contributed by atoms with Crippen molar-refractivity contribution in [3.63, 3.8) is 0 Å². The zero-order chi connectivity index (χ0) is 12.8. The Kier molecular flexibility index (Phi) is 4.96. The molecular weight excluding hydrogens is 290 g/mol. The van der Waals surface area contributed by atoms with Crippen LogP contribution in [0.1, 0.15) is 6.92 Å². The smallest absolute Gasteiger partial charge is 0.322 e. The largest absolute Gasteiger partial charge is 0.481 e. The van der Waals surface area contributed by atoms with Crippen LogP contribution in [0, 0.1) is 0 Å². The molecule has 0 fully saturated rings. The number of nitrogens with one attached hydrogen (secondary N) is 1. The highest BCUT2D eigenvalue weighted by Gasteiger charge is 2.15. The maximum Gasteiger partial charge on any atom is 0.322 e. The van der Waals surface area contributed by atoms with Gasteiger partial charge in [-0.1, -0.05) is 22.0 Å². The van der Waals surface area contributed by atoms with Crippen LogP contribution in [0.25, 0.3) is 0 Å². The molecule has 0 spiro atoms. The number of carbonyl (C=O) groups excluding carboxylic acids is 1. The Balaban J connectivity index is 2.51. The van der Waals surface area contributed by atoms with Crippen molar-refractivity contribution in [1.82, 2.24) is 5.32 Å². The molecule has 0 bridgehead atoms. The van der Waals surface area contributed by atoms with Crippen LogP contribution in [-0.4, -0.2) is 29.6 Å². The van der Waals surface area contributed by atoms with Gasteiger partial charge in [0.25, 0.3) is 5.91 Å². The van der Waals surface area contributed by atoms with Crippen LogP contribution < -0.4 is 10.1 Å². The molecule has 0 aromatic heterocycles. The summed E-state index contributed by atoms with van der Waals surface area (Å²) in [5.74, 6) is -1.02. The molecule has 1 rings (SSSR count). The van der Waals surface area contributed by atoms with Gasteiger partial charge in [-0.25, -0.2) is 0 Å². The summed E-state index contributed by atoms with van der Waals surface area (Å²) in [7, 11) is 0. The summed E-state index contributed by atoms with van der Waals surface area (Å²) in [4.78, 5) is 21.7. The standard InChI is InChI=1S/C11H12BrNO4/c1-7(11(16)13-6-10(14)15)17-9-4-2-3-8(12)5-9/h2-5,7H,6H2,1H3,(H,13,16)(H,14,15). The van der Waals surface area contributed by atoms with Crippen molar-refractivity contribution in [3.05, 3.63) is 28.7 Å². The second-order valence-corrected chi connectivity index (χ2v) is 4.24. The highest BCUT2D eigenvalue weighted by molar-refractivity contribution is 9.10. The van der Waals surface area contributed by atoms with E-state index in [0.717, 1.165) is 4.47 Å². The van der Waals surface area contributed by atoms with Gasteiger partial charge in [-0.15, -0.1) is 0 Å². The first-order chi connectivity index (χ1) is 7.99. The quantitative estimate of drug-likeness (QED) is 0.862. The highest BCUT2D eigenvalue weighted by atomic mass is 79.9. The first kappa shape index (κ1) is 13.5. The number of ether oxygens (including phenoxy) is 1. The van der Waals surface area contributed by atoms with Crippen LogP contribution in [0.15, 0.2) is 28.7 Å². The summed E-state index contributed by atoms with van der Waals surface area (Å²) in [6.45, 7) is 1.14. The molecule has 6 heteroatoms. The van der Waals surface area contributed by atoms with Gasteiger partial charge in [0.15, 0.2) is 6.10 Å². The molecule has 0 aliphatic carbocycles. The van der Waals surface area contributed by atoms with E-state index in [1.165, 1.54) is 0 Å². The maximum absolute atomic E-state index is 11.4. The second-order valence-electron chi connectivity index (χ2n) is 3.33. The number of carboxylic acid groups (broad SMARTS) is 1. The topological polar surface area (TPSA) is 75.6 Å². The fraction of sp³-hybridized carbons (Fsp3) is 0.273. The lowest BCUT2D eigenvalue weighted by Gasteiger charge is -2.13. The number of amides is 1. The van der Waals surface area contributed by atoms with E-state index in [0.29, 0.717) is 5.75 Å². The number of hydrogen-bond acceptors (Lipinski definition) is 3. The average Bonchev–Trinajstić information content (AvgIpc) is 2.25. The number of halogens is 1. The number of hydrogen-bond donors (Lipinski definition) is 2. The third-order valence-electron chi connectivity index (χ3n) is 1.89. The van der Waals surface area contributed by atoms with Crippen LogP contribution in [0.5, 0.6) is 5.75 Å². The van der Waals surface area contributed by atoms with E-state index in [2.05, 4.69) is 21.2 Å². The molecule has 0 saturated heterocycles. The minimum Gasteiger partial charge on any atom is -0.481 e. The SMILES string of the molecule is CC(Oc1cccc(Br)c1)C(=O)NCC(=O)O. The van der Waals surface area contributed by atoms with E-state index in [1.807, 2.05) is 6.07 Å². The Bertz CT molecular complexity index is 422. The van der Waals surface area contributed by atoms with Crippen molar-refractivity contribution in [2.45, 2.75) is 13.0 Å². The molecule has 0 radical (unpaired) electrons. The molecule has 5 nitrogen and oxygen atoms in total. The van der Waals surface area contributed by atoms with Crippen molar-refractivity contribution in [1.29, 1.82) is 0 Å². The van der Waals surface area contributed by atoms with Crippen molar-refractivity contribution >= 4 is 27.8 Å². The van der Waals surface area contributed by atoms with Crippen LogP contribution in [0.4, 0.5) is 0 Å². The van der Waals surface area contributed by atoms with E-state index in [9.17, 15) is 9.59 Å². The third kappa shape index (κ3) is 4.86. The van der Waals surface area contributed by atoms with Crippen LogP contribution in [-0.2, 0) is 9.59 Å². The van der Waals surface area contributed by atoms with Gasteiger partial charge in [0.2, 0.25) is 0 Å². The summed E-state index contributed by atoms with van der Waals surface area (Å²) in [5.41, 5.74) is 0. The number of carbonyl (C=O) groups is 2. The van der Waals surface area contributed by atoms with Gasteiger partial charge in [-0.05, 0) is 25.1 Å². The second kappa shape index (κ2) is 6.24.